The number of hydrogen-bond acceptors (Lipinski definition) is 4. The van der Waals surface area contributed by atoms with Crippen LogP contribution in [-0.4, -0.2) is 41.9 Å². The van der Waals surface area contributed by atoms with Crippen molar-refractivity contribution in [3.8, 4) is 6.07 Å². The van der Waals surface area contributed by atoms with E-state index < -0.39 is 0 Å². The molecule has 1 N–H and O–H groups in total. The molecule has 0 aromatic heterocycles. The van der Waals surface area contributed by atoms with Crippen molar-refractivity contribution in [3.63, 3.8) is 0 Å². The van der Waals surface area contributed by atoms with Gasteiger partial charge in [0, 0.05) is 45.5 Å². The first-order chi connectivity index (χ1) is 13.2. The Labute approximate surface area is 160 Å². The molecule has 1 aliphatic rings. The first kappa shape index (κ1) is 18.7. The van der Waals surface area contributed by atoms with E-state index in [9.17, 15) is 10.1 Å². The van der Waals surface area contributed by atoms with Gasteiger partial charge < -0.3 is 10.2 Å². The van der Waals surface area contributed by atoms with Gasteiger partial charge in [0.25, 0.3) is 5.91 Å². The lowest BCUT2D eigenvalue weighted by Gasteiger charge is -2.34. The average molecular weight is 360 g/mol. The Morgan fingerprint density at radius 3 is 2.15 bits per heavy atom. The molecule has 0 aliphatic carbocycles. The molecule has 0 spiro atoms. The number of carbonyl (C=O) groups is 1. The van der Waals surface area contributed by atoms with E-state index in [1.54, 1.807) is 6.20 Å². The zero-order valence-electron chi connectivity index (χ0n) is 15.3. The lowest BCUT2D eigenvalue weighted by Crippen LogP contribution is -2.44. The van der Waals surface area contributed by atoms with Crippen LogP contribution < -0.4 is 5.32 Å². The minimum atomic E-state index is -0.326. The van der Waals surface area contributed by atoms with E-state index in [-0.39, 0.29) is 11.5 Å². The molecule has 5 heteroatoms. The molecule has 0 atom stereocenters. The number of carbonyl (C=O) groups excluding carboxylic acids is 1. The summed E-state index contributed by atoms with van der Waals surface area (Å²) >= 11 is 0. The molecule has 27 heavy (non-hydrogen) atoms. The van der Waals surface area contributed by atoms with Gasteiger partial charge in [0.05, 0.1) is 0 Å². The van der Waals surface area contributed by atoms with Crippen molar-refractivity contribution in [3.05, 3.63) is 83.6 Å². The maximum Gasteiger partial charge on any atom is 0.263 e. The zero-order valence-corrected chi connectivity index (χ0v) is 15.3. The fourth-order valence-electron chi connectivity index (χ4n) is 3.09. The summed E-state index contributed by atoms with van der Waals surface area (Å²) in [5, 5.41) is 12.2. The van der Waals surface area contributed by atoms with Gasteiger partial charge in [-0.3, -0.25) is 9.69 Å². The number of nitrogens with zero attached hydrogens (tertiary/aromatic N) is 3. The van der Waals surface area contributed by atoms with Crippen molar-refractivity contribution in [2.75, 3.05) is 26.2 Å². The first-order valence-corrected chi connectivity index (χ1v) is 9.19. The van der Waals surface area contributed by atoms with E-state index in [0.717, 1.165) is 38.3 Å². The maximum absolute atomic E-state index is 12.3. The second-order valence-electron chi connectivity index (χ2n) is 6.62. The Hall–Kier alpha value is -3.10. The van der Waals surface area contributed by atoms with Crippen LogP contribution >= 0.6 is 0 Å². The molecule has 5 nitrogen and oxygen atoms in total. The molecular weight excluding hydrogens is 336 g/mol. The van der Waals surface area contributed by atoms with Gasteiger partial charge in [-0.1, -0.05) is 60.7 Å². The fourth-order valence-corrected chi connectivity index (χ4v) is 3.09. The van der Waals surface area contributed by atoms with Crippen molar-refractivity contribution in [1.82, 2.24) is 15.1 Å². The Kier molecular flexibility index (Phi) is 6.61. The zero-order chi connectivity index (χ0) is 18.9. The molecule has 0 unspecified atom stereocenters. The van der Waals surface area contributed by atoms with E-state index in [4.69, 9.17) is 0 Å². The molecule has 138 valence electrons. The van der Waals surface area contributed by atoms with Gasteiger partial charge in [0.2, 0.25) is 0 Å². The highest BCUT2D eigenvalue weighted by Crippen LogP contribution is 2.10. The third-order valence-corrected chi connectivity index (χ3v) is 4.63. The van der Waals surface area contributed by atoms with Crippen molar-refractivity contribution < 1.29 is 4.79 Å². The second kappa shape index (κ2) is 9.56. The predicted octanol–water partition coefficient (Wildman–Crippen LogP) is 2.53. The molecule has 2 aromatic rings. The van der Waals surface area contributed by atoms with E-state index >= 15 is 0 Å². The highest BCUT2D eigenvalue weighted by Gasteiger charge is 2.17. The molecule has 1 fully saturated rings. The van der Waals surface area contributed by atoms with Gasteiger partial charge in [-0.05, 0) is 11.1 Å². The summed E-state index contributed by atoms with van der Waals surface area (Å²) < 4.78 is 0. The Balaban J connectivity index is 1.49. The number of amides is 1. The van der Waals surface area contributed by atoms with E-state index in [0.29, 0.717) is 6.54 Å². The summed E-state index contributed by atoms with van der Waals surface area (Å²) in [6.45, 7) is 4.80. The van der Waals surface area contributed by atoms with Gasteiger partial charge in [0.1, 0.15) is 11.6 Å². The summed E-state index contributed by atoms with van der Waals surface area (Å²) in [4.78, 5) is 16.7. The summed E-state index contributed by atoms with van der Waals surface area (Å²) in [6, 6.07) is 22.1. The number of hydrogen-bond donors (Lipinski definition) is 1. The highest BCUT2D eigenvalue weighted by molar-refractivity contribution is 5.97. The molecular formula is C22H24N4O. The standard InChI is InChI=1S/C22H24N4O/c23-15-21(22(27)24-16-19-7-3-1-4-8-19)18-26-13-11-25(12-14-26)17-20-9-5-2-6-10-20/h1-10,18H,11-14,16-17H2,(H,24,27). The average Bonchev–Trinajstić information content (AvgIpc) is 2.73. The van der Waals surface area contributed by atoms with Gasteiger partial charge in [-0.25, -0.2) is 0 Å². The second-order valence-corrected chi connectivity index (χ2v) is 6.62. The molecule has 1 amide bonds. The highest BCUT2D eigenvalue weighted by atomic mass is 16.1. The number of piperazine rings is 1. The van der Waals surface area contributed by atoms with Crippen LogP contribution in [0, 0.1) is 11.3 Å². The van der Waals surface area contributed by atoms with Crippen LogP contribution in [0.5, 0.6) is 0 Å². The van der Waals surface area contributed by atoms with Crippen LogP contribution in [-0.2, 0) is 17.9 Å². The van der Waals surface area contributed by atoms with Gasteiger partial charge in [-0.15, -0.1) is 0 Å². The molecule has 2 aromatic carbocycles. The monoisotopic (exact) mass is 360 g/mol. The first-order valence-electron chi connectivity index (χ1n) is 9.19. The van der Waals surface area contributed by atoms with Crippen molar-refractivity contribution in [2.45, 2.75) is 13.1 Å². The minimum absolute atomic E-state index is 0.155. The molecule has 0 bridgehead atoms. The van der Waals surface area contributed by atoms with Crippen molar-refractivity contribution in [2.24, 2.45) is 0 Å². The smallest absolute Gasteiger partial charge is 0.263 e. The van der Waals surface area contributed by atoms with Crippen molar-refractivity contribution >= 4 is 5.91 Å². The van der Waals surface area contributed by atoms with E-state index in [1.165, 1.54) is 5.56 Å². The minimum Gasteiger partial charge on any atom is -0.374 e. The van der Waals surface area contributed by atoms with Crippen LogP contribution in [0.1, 0.15) is 11.1 Å². The number of benzene rings is 2. The lowest BCUT2D eigenvalue weighted by molar-refractivity contribution is -0.117. The SMILES string of the molecule is N#CC(=CN1CCN(Cc2ccccc2)CC1)C(=O)NCc1ccccc1. The van der Waals surface area contributed by atoms with Crippen LogP contribution in [0.4, 0.5) is 0 Å². The quantitative estimate of drug-likeness (QED) is 0.635. The molecule has 1 heterocycles. The fraction of sp³-hybridized carbons (Fsp3) is 0.273. The summed E-state index contributed by atoms with van der Waals surface area (Å²) in [7, 11) is 0. The largest absolute Gasteiger partial charge is 0.374 e. The molecule has 0 radical (unpaired) electrons. The van der Waals surface area contributed by atoms with Gasteiger partial charge in [-0.2, -0.15) is 5.26 Å². The topological polar surface area (TPSA) is 59.4 Å². The van der Waals surface area contributed by atoms with Crippen LogP contribution in [0.15, 0.2) is 72.4 Å². The third-order valence-electron chi connectivity index (χ3n) is 4.63. The van der Waals surface area contributed by atoms with Gasteiger partial charge in [0.15, 0.2) is 0 Å². The Bertz CT molecular complexity index is 803. The normalized spacial score (nSPS) is 15.2. The molecule has 1 aliphatic heterocycles. The Morgan fingerprint density at radius 2 is 1.56 bits per heavy atom. The van der Waals surface area contributed by atoms with Gasteiger partial charge >= 0.3 is 0 Å². The Morgan fingerprint density at radius 1 is 0.963 bits per heavy atom. The number of nitrogens with one attached hydrogen (secondary N) is 1. The van der Waals surface area contributed by atoms with Crippen LogP contribution in [0.25, 0.3) is 0 Å². The summed E-state index contributed by atoms with van der Waals surface area (Å²) in [5.74, 6) is -0.326. The van der Waals surface area contributed by atoms with Crippen molar-refractivity contribution in [1.29, 1.82) is 5.26 Å². The maximum atomic E-state index is 12.3. The number of rotatable bonds is 6. The van der Waals surface area contributed by atoms with Crippen LogP contribution in [0.2, 0.25) is 0 Å². The van der Waals surface area contributed by atoms with E-state index in [1.807, 2.05) is 42.5 Å². The summed E-state index contributed by atoms with van der Waals surface area (Å²) in [6.07, 6.45) is 1.69. The number of nitriles is 1. The molecule has 3 rings (SSSR count). The van der Waals surface area contributed by atoms with E-state index in [2.05, 4.69) is 39.4 Å². The molecule has 0 saturated carbocycles. The predicted molar refractivity (Wildman–Crippen MR) is 105 cm³/mol. The van der Waals surface area contributed by atoms with Crippen LogP contribution in [0.3, 0.4) is 0 Å². The molecule has 1 saturated heterocycles. The third kappa shape index (κ3) is 5.70. The lowest BCUT2D eigenvalue weighted by atomic mass is 10.2. The summed E-state index contributed by atoms with van der Waals surface area (Å²) in [5.41, 5.74) is 2.47.